The topological polar surface area (TPSA) is 34.9 Å². The van der Waals surface area contributed by atoms with Gasteiger partial charge in [-0.2, -0.15) is 0 Å². The average Bonchev–Trinajstić information content (AvgIpc) is 2.51. The predicted octanol–water partition coefficient (Wildman–Crippen LogP) is 1.58. The van der Waals surface area contributed by atoms with Gasteiger partial charge in [-0.05, 0) is 0 Å². The van der Waals surface area contributed by atoms with Crippen molar-refractivity contribution in [3.8, 4) is 0 Å². The monoisotopic (exact) mass is 183 g/mol. The van der Waals surface area contributed by atoms with Gasteiger partial charge in [-0.15, -0.1) is 0 Å². The number of rotatable bonds is 4. The molecule has 1 heterocycles. The molecule has 72 valence electrons. The lowest BCUT2D eigenvalue weighted by Crippen LogP contribution is -2.12. The van der Waals surface area contributed by atoms with E-state index >= 15 is 0 Å². The van der Waals surface area contributed by atoms with Gasteiger partial charge < -0.3 is 4.57 Å². The number of hydrogen-bond donors (Lipinski definition) is 0. The van der Waals surface area contributed by atoms with Gasteiger partial charge in [0.2, 0.25) is 0 Å². The third-order valence-corrected chi connectivity index (χ3v) is 1.93. The first-order valence-electron chi connectivity index (χ1n) is 4.22. The van der Waals surface area contributed by atoms with Crippen molar-refractivity contribution in [1.82, 2.24) is 9.55 Å². The Bertz CT molecular complexity index is 294. The lowest BCUT2D eigenvalue weighted by Gasteiger charge is -2.04. The summed E-state index contributed by atoms with van der Waals surface area (Å²) in [7, 11) is 0. The molecule has 3 nitrogen and oxygen atoms in total. The van der Waals surface area contributed by atoms with E-state index in [1.165, 1.54) is 17.1 Å². The minimum Gasteiger partial charge on any atom is -0.306 e. The molecule has 0 aliphatic heterocycles. The van der Waals surface area contributed by atoms with Crippen LogP contribution in [0.15, 0.2) is 12.5 Å². The van der Waals surface area contributed by atoms with Crippen molar-refractivity contribution in [3.63, 3.8) is 0 Å². The molecule has 0 unspecified atom stereocenters. The third-order valence-electron chi connectivity index (χ3n) is 1.93. The highest BCUT2D eigenvalue weighted by Crippen LogP contribution is 2.05. The summed E-state index contributed by atoms with van der Waals surface area (Å²) in [4.78, 5) is 15.1. The third kappa shape index (κ3) is 2.37. The first-order valence-corrected chi connectivity index (χ1v) is 4.22. The highest BCUT2D eigenvalue weighted by atomic mass is 18.2. The minimum atomic E-state index is -0.624. The summed E-state index contributed by atoms with van der Waals surface area (Å²) in [5.41, 5.74) is 0.640. The maximum atomic E-state index is 12.3. The van der Waals surface area contributed by atoms with Gasteiger partial charge in [-0.25, -0.2) is 9.37 Å². The summed E-state index contributed by atoms with van der Waals surface area (Å²) in [6.07, 6.45) is 3.18. The molecule has 4 heteroatoms. The maximum Gasteiger partial charge on any atom is 0.166 e. The molecule has 0 saturated carbocycles. The molecular weight excluding hydrogens is 170 g/mol. The van der Waals surface area contributed by atoms with E-state index < -0.39 is 6.80 Å². The van der Waals surface area contributed by atoms with Crippen molar-refractivity contribution in [2.45, 2.75) is 27.1 Å². The number of halogens is 1. The largest absolute Gasteiger partial charge is 0.306 e. The number of Topliss-reactive ketones (excluding diaryl/α,β-unsaturated/α-hetero) is 1. The number of ketones is 1. The Morgan fingerprint density at radius 2 is 2.38 bits per heavy atom. The Kier molecular flexibility index (Phi) is 3.17. The Balaban J connectivity index is 2.68. The van der Waals surface area contributed by atoms with Gasteiger partial charge in [0.05, 0.1) is 6.33 Å². The summed E-state index contributed by atoms with van der Waals surface area (Å²) in [6, 6.07) is 0. The van der Waals surface area contributed by atoms with Crippen LogP contribution in [0.5, 0.6) is 0 Å². The molecule has 0 radical (unpaired) electrons. The molecule has 1 aromatic heterocycles. The minimum absolute atomic E-state index is 0.0111. The Morgan fingerprint density at radius 1 is 1.69 bits per heavy atom. The molecule has 0 aromatic carbocycles. The fourth-order valence-corrected chi connectivity index (χ4v) is 0.986. The number of nitrogens with zero attached hydrogens (tertiary/aromatic N) is 2. The van der Waals surface area contributed by atoms with Gasteiger partial charge in [-0.1, -0.05) is 13.8 Å². The first-order chi connectivity index (χ1) is 6.15. The zero-order chi connectivity index (χ0) is 9.84. The van der Waals surface area contributed by atoms with Crippen molar-refractivity contribution in [1.29, 1.82) is 0 Å². The molecule has 0 spiro atoms. The van der Waals surface area contributed by atoms with Crippen LogP contribution < -0.4 is 0 Å². The number of hydrogen-bond acceptors (Lipinski definition) is 2. The van der Waals surface area contributed by atoms with Crippen LogP contribution in [0.3, 0.4) is 0 Å². The van der Waals surface area contributed by atoms with Crippen LogP contribution in [0.1, 0.15) is 19.5 Å². The van der Waals surface area contributed by atoms with Crippen molar-refractivity contribution in [3.05, 3.63) is 18.2 Å². The number of carbonyl (C=O) groups is 1. The zero-order valence-electron chi connectivity index (χ0n) is 7.83. The van der Waals surface area contributed by atoms with E-state index in [0.29, 0.717) is 5.69 Å². The van der Waals surface area contributed by atoms with Gasteiger partial charge in [-0.3, -0.25) is 4.79 Å². The zero-order valence-corrected chi connectivity index (χ0v) is 7.83. The van der Waals surface area contributed by atoms with Crippen molar-refractivity contribution < 1.29 is 9.18 Å². The standard InChI is InChI=1S/C9H13FN2O/c1-7(2)9(13)3-8-4-11-6-12(8)5-10/h4,6-7H,3,5H2,1-2H3/i10-1. The van der Waals surface area contributed by atoms with Crippen molar-refractivity contribution >= 4 is 5.78 Å². The predicted molar refractivity (Wildman–Crippen MR) is 46.9 cm³/mol. The van der Waals surface area contributed by atoms with E-state index in [1.54, 1.807) is 0 Å². The van der Waals surface area contributed by atoms with E-state index in [0.717, 1.165) is 0 Å². The second-order valence-corrected chi connectivity index (χ2v) is 3.27. The average molecular weight is 183 g/mol. The van der Waals surface area contributed by atoms with Crippen LogP contribution in [0, 0.1) is 5.92 Å². The van der Waals surface area contributed by atoms with Gasteiger partial charge in [0, 0.05) is 24.2 Å². The van der Waals surface area contributed by atoms with Crippen molar-refractivity contribution in [2.24, 2.45) is 5.92 Å². The van der Waals surface area contributed by atoms with Crippen molar-refractivity contribution in [2.75, 3.05) is 0 Å². The molecular formula is C9H13FN2O. The molecule has 0 amide bonds. The van der Waals surface area contributed by atoms with Gasteiger partial charge >= 0.3 is 0 Å². The molecule has 13 heavy (non-hydrogen) atoms. The molecule has 0 atom stereocenters. The summed E-state index contributed by atoms with van der Waals surface area (Å²) >= 11 is 0. The highest BCUT2D eigenvalue weighted by Gasteiger charge is 2.11. The highest BCUT2D eigenvalue weighted by molar-refractivity contribution is 5.82. The molecule has 0 bridgehead atoms. The van der Waals surface area contributed by atoms with Gasteiger partial charge in [0.25, 0.3) is 0 Å². The SMILES string of the molecule is CC(C)C(=O)Cc1cncn1C[18F]. The van der Waals surface area contributed by atoms with E-state index in [9.17, 15) is 9.18 Å². The van der Waals surface area contributed by atoms with Gasteiger partial charge in [0.1, 0.15) is 5.78 Å². The summed E-state index contributed by atoms with van der Waals surface area (Å²) in [6.45, 7) is 3.04. The number of carbonyl (C=O) groups excluding carboxylic acids is 1. The van der Waals surface area contributed by atoms with Crippen LogP contribution in [0.25, 0.3) is 0 Å². The van der Waals surface area contributed by atoms with Crippen LogP contribution in [0.4, 0.5) is 4.39 Å². The Morgan fingerprint density at radius 3 is 2.92 bits per heavy atom. The van der Waals surface area contributed by atoms with Crippen LogP contribution in [0.2, 0.25) is 0 Å². The van der Waals surface area contributed by atoms with Crippen LogP contribution >= 0.6 is 0 Å². The second-order valence-electron chi connectivity index (χ2n) is 3.27. The second kappa shape index (κ2) is 4.16. The van der Waals surface area contributed by atoms with Gasteiger partial charge in [0.15, 0.2) is 6.80 Å². The van der Waals surface area contributed by atoms with E-state index in [2.05, 4.69) is 4.98 Å². The maximum absolute atomic E-state index is 12.3. The lowest BCUT2D eigenvalue weighted by molar-refractivity contribution is -0.121. The number of imidazole rings is 1. The molecule has 0 saturated heterocycles. The molecule has 1 rings (SSSR count). The van der Waals surface area contributed by atoms with Crippen LogP contribution in [-0.2, 0) is 18.0 Å². The Hall–Kier alpha value is -1.19. The summed E-state index contributed by atoms with van der Waals surface area (Å²) < 4.78 is 13.6. The molecule has 0 aliphatic carbocycles. The fraction of sp³-hybridized carbons (Fsp3) is 0.556. The molecule has 0 fully saturated rings. The van der Waals surface area contributed by atoms with E-state index in [4.69, 9.17) is 0 Å². The molecule has 1 aromatic rings. The lowest BCUT2D eigenvalue weighted by atomic mass is 10.1. The molecule has 0 aliphatic rings. The number of aromatic nitrogens is 2. The first kappa shape index (κ1) is 9.89. The van der Waals surface area contributed by atoms with Crippen LogP contribution in [-0.4, -0.2) is 15.3 Å². The quantitative estimate of drug-likeness (QED) is 0.710. The summed E-state index contributed by atoms with van der Waals surface area (Å²) in [5, 5.41) is 0. The van der Waals surface area contributed by atoms with E-state index in [1.807, 2.05) is 13.8 Å². The fourth-order valence-electron chi connectivity index (χ4n) is 0.986. The van der Waals surface area contributed by atoms with E-state index in [-0.39, 0.29) is 18.1 Å². The summed E-state index contributed by atoms with van der Waals surface area (Å²) in [5.74, 6) is 0.0955. The Labute approximate surface area is 76.6 Å². The molecule has 0 N–H and O–H groups in total. The normalized spacial score (nSPS) is 10.8. The number of alkyl halides is 1. The smallest absolute Gasteiger partial charge is 0.166 e.